The summed E-state index contributed by atoms with van der Waals surface area (Å²) in [6, 6.07) is 12.4. The average Bonchev–Trinajstić information content (AvgIpc) is 2.88. The number of H-pyrrole nitrogens is 1. The zero-order valence-corrected chi connectivity index (χ0v) is 11.9. The number of aryl methyl sites for hydroxylation is 1. The van der Waals surface area contributed by atoms with Crippen LogP contribution in [-0.2, 0) is 4.79 Å². The molecule has 3 aromatic rings. The van der Waals surface area contributed by atoms with Gasteiger partial charge in [-0.2, -0.15) is 0 Å². The summed E-state index contributed by atoms with van der Waals surface area (Å²) in [5.41, 5.74) is 2.44. The zero-order chi connectivity index (χ0) is 15.5. The van der Waals surface area contributed by atoms with E-state index in [1.54, 1.807) is 30.3 Å². The molecule has 6 nitrogen and oxygen atoms in total. The highest BCUT2D eigenvalue weighted by atomic mass is 16.5. The van der Waals surface area contributed by atoms with Crippen LogP contribution in [0, 0.1) is 6.92 Å². The van der Waals surface area contributed by atoms with Crippen LogP contribution in [-0.4, -0.2) is 17.5 Å². The van der Waals surface area contributed by atoms with Gasteiger partial charge >= 0.3 is 5.76 Å². The van der Waals surface area contributed by atoms with Crippen molar-refractivity contribution in [3.63, 3.8) is 0 Å². The summed E-state index contributed by atoms with van der Waals surface area (Å²) in [4.78, 5) is 25.7. The number of ether oxygens (including phenoxy) is 1. The summed E-state index contributed by atoms with van der Waals surface area (Å²) >= 11 is 0. The Morgan fingerprint density at radius 1 is 1.23 bits per heavy atom. The first-order valence-electron chi connectivity index (χ1n) is 6.73. The van der Waals surface area contributed by atoms with E-state index in [9.17, 15) is 9.59 Å². The molecule has 112 valence electrons. The van der Waals surface area contributed by atoms with Gasteiger partial charge in [-0.1, -0.05) is 23.8 Å². The van der Waals surface area contributed by atoms with Crippen LogP contribution in [0.4, 0.5) is 5.69 Å². The molecule has 2 aromatic carbocycles. The molecular formula is C16H14N2O4. The molecule has 0 aliphatic heterocycles. The van der Waals surface area contributed by atoms with Crippen molar-refractivity contribution in [3.8, 4) is 5.75 Å². The van der Waals surface area contributed by atoms with Crippen molar-refractivity contribution in [1.29, 1.82) is 0 Å². The number of nitrogens with one attached hydrogen (secondary N) is 2. The molecule has 0 radical (unpaired) electrons. The van der Waals surface area contributed by atoms with Gasteiger partial charge in [-0.3, -0.25) is 9.78 Å². The molecule has 0 atom stereocenters. The highest BCUT2D eigenvalue weighted by Gasteiger charge is 2.09. The number of aromatic amines is 1. The Balaban J connectivity index is 1.68. The van der Waals surface area contributed by atoms with Crippen LogP contribution >= 0.6 is 0 Å². The number of amides is 1. The molecule has 0 saturated carbocycles. The minimum Gasteiger partial charge on any atom is -0.484 e. The molecule has 0 spiro atoms. The van der Waals surface area contributed by atoms with E-state index >= 15 is 0 Å². The van der Waals surface area contributed by atoms with Gasteiger partial charge in [0, 0.05) is 0 Å². The quantitative estimate of drug-likeness (QED) is 0.775. The van der Waals surface area contributed by atoms with Gasteiger partial charge in [-0.25, -0.2) is 4.79 Å². The van der Waals surface area contributed by atoms with E-state index < -0.39 is 5.76 Å². The molecule has 1 aromatic heterocycles. The smallest absolute Gasteiger partial charge is 0.417 e. The lowest BCUT2D eigenvalue weighted by atomic mass is 10.2. The van der Waals surface area contributed by atoms with Crippen molar-refractivity contribution >= 4 is 22.7 Å². The van der Waals surface area contributed by atoms with E-state index in [0.717, 1.165) is 5.56 Å². The van der Waals surface area contributed by atoms with Crippen LogP contribution in [0.1, 0.15) is 5.56 Å². The number of carbonyl (C=O) groups excluding carboxylic acids is 1. The van der Waals surface area contributed by atoms with Crippen molar-refractivity contribution < 1.29 is 13.9 Å². The van der Waals surface area contributed by atoms with Crippen LogP contribution in [0.3, 0.4) is 0 Å². The van der Waals surface area contributed by atoms with E-state index in [2.05, 4.69) is 10.3 Å². The molecule has 0 saturated heterocycles. The fraction of sp³-hybridized carbons (Fsp3) is 0.125. The highest BCUT2D eigenvalue weighted by molar-refractivity contribution is 5.99. The fourth-order valence-electron chi connectivity index (χ4n) is 2.05. The van der Waals surface area contributed by atoms with E-state index in [-0.39, 0.29) is 12.5 Å². The second-order valence-corrected chi connectivity index (χ2v) is 4.84. The van der Waals surface area contributed by atoms with Gasteiger partial charge in [-0.05, 0) is 31.2 Å². The number of aromatic nitrogens is 1. The molecule has 22 heavy (non-hydrogen) atoms. The van der Waals surface area contributed by atoms with Gasteiger partial charge in [0.25, 0.3) is 5.91 Å². The third-order valence-corrected chi connectivity index (χ3v) is 3.12. The van der Waals surface area contributed by atoms with Crippen LogP contribution in [0.15, 0.2) is 51.7 Å². The largest absolute Gasteiger partial charge is 0.484 e. The van der Waals surface area contributed by atoms with Crippen molar-refractivity contribution in [2.75, 3.05) is 11.9 Å². The second kappa shape index (κ2) is 5.77. The Labute approximate surface area is 125 Å². The van der Waals surface area contributed by atoms with Gasteiger partial charge in [0.05, 0.1) is 5.69 Å². The number of oxazole rings is 1. The maximum Gasteiger partial charge on any atom is 0.417 e. The maximum absolute atomic E-state index is 11.9. The molecule has 0 unspecified atom stereocenters. The summed E-state index contributed by atoms with van der Waals surface area (Å²) < 4.78 is 10.3. The van der Waals surface area contributed by atoms with E-state index in [4.69, 9.17) is 9.15 Å². The van der Waals surface area contributed by atoms with E-state index in [1.165, 1.54) is 0 Å². The topological polar surface area (TPSA) is 84.3 Å². The molecular weight excluding hydrogens is 284 g/mol. The molecule has 1 heterocycles. The Kier molecular flexibility index (Phi) is 3.65. The lowest BCUT2D eigenvalue weighted by Gasteiger charge is -2.08. The maximum atomic E-state index is 11.9. The first-order valence-corrected chi connectivity index (χ1v) is 6.73. The minimum atomic E-state index is -0.562. The van der Waals surface area contributed by atoms with Gasteiger partial charge in [-0.15, -0.1) is 0 Å². The Hall–Kier alpha value is -3.02. The molecule has 6 heteroatoms. The number of carbonyl (C=O) groups is 1. The summed E-state index contributed by atoms with van der Waals surface area (Å²) in [5, 5.41) is 2.69. The molecule has 0 aliphatic carbocycles. The first kappa shape index (κ1) is 13.9. The number of fused-ring (bicyclic) bond motifs is 1. The average molecular weight is 298 g/mol. The molecule has 3 rings (SSSR count). The lowest BCUT2D eigenvalue weighted by Crippen LogP contribution is -2.20. The number of rotatable bonds is 4. The van der Waals surface area contributed by atoms with Gasteiger partial charge < -0.3 is 14.5 Å². The van der Waals surface area contributed by atoms with Crippen LogP contribution in [0.2, 0.25) is 0 Å². The first-order chi connectivity index (χ1) is 10.6. The van der Waals surface area contributed by atoms with Crippen molar-refractivity contribution in [3.05, 3.63) is 58.6 Å². The second-order valence-electron chi connectivity index (χ2n) is 4.84. The number of para-hydroxylation sites is 1. The summed E-state index contributed by atoms with van der Waals surface area (Å²) in [7, 11) is 0. The summed E-state index contributed by atoms with van der Waals surface area (Å²) in [6.45, 7) is 1.85. The van der Waals surface area contributed by atoms with Crippen molar-refractivity contribution in [2.24, 2.45) is 0 Å². The summed E-state index contributed by atoms with van der Waals surface area (Å²) in [5.74, 6) is -0.265. The fourth-order valence-corrected chi connectivity index (χ4v) is 2.05. The normalized spacial score (nSPS) is 10.6. The Morgan fingerprint density at radius 3 is 2.77 bits per heavy atom. The Bertz CT molecular complexity index is 862. The van der Waals surface area contributed by atoms with Crippen LogP contribution in [0.5, 0.6) is 5.75 Å². The molecule has 0 fully saturated rings. The number of benzene rings is 2. The van der Waals surface area contributed by atoms with Crippen molar-refractivity contribution in [2.45, 2.75) is 6.92 Å². The Morgan fingerprint density at radius 2 is 2.00 bits per heavy atom. The number of hydrogen-bond acceptors (Lipinski definition) is 4. The third kappa shape index (κ3) is 3.01. The highest BCUT2D eigenvalue weighted by Crippen LogP contribution is 2.20. The molecule has 0 bridgehead atoms. The lowest BCUT2D eigenvalue weighted by molar-refractivity contribution is -0.118. The van der Waals surface area contributed by atoms with Crippen LogP contribution < -0.4 is 15.8 Å². The predicted molar refractivity (Wildman–Crippen MR) is 82.1 cm³/mol. The summed E-state index contributed by atoms with van der Waals surface area (Å²) in [6.07, 6.45) is 0. The zero-order valence-electron chi connectivity index (χ0n) is 11.9. The monoisotopic (exact) mass is 298 g/mol. The van der Waals surface area contributed by atoms with E-state index in [1.807, 2.05) is 19.1 Å². The molecule has 0 aliphatic rings. The number of hydrogen-bond donors (Lipinski definition) is 2. The SMILES string of the molecule is Cc1ccc(OCC(=O)Nc2cccc3oc(=O)[nH]c23)cc1. The molecule has 1 amide bonds. The standard InChI is InChI=1S/C16H14N2O4/c1-10-5-7-11(8-6-10)21-9-14(19)17-12-3-2-4-13-15(12)18-16(20)22-13/h2-8H,9H2,1H3,(H,17,19)(H,18,20). The van der Waals surface area contributed by atoms with Gasteiger partial charge in [0.15, 0.2) is 12.2 Å². The van der Waals surface area contributed by atoms with Gasteiger partial charge in [0.2, 0.25) is 0 Å². The van der Waals surface area contributed by atoms with Crippen molar-refractivity contribution in [1.82, 2.24) is 4.98 Å². The van der Waals surface area contributed by atoms with Gasteiger partial charge in [0.1, 0.15) is 11.3 Å². The minimum absolute atomic E-state index is 0.123. The predicted octanol–water partition coefficient (Wildman–Crippen LogP) is 2.45. The number of anilines is 1. The van der Waals surface area contributed by atoms with E-state index in [0.29, 0.717) is 22.5 Å². The molecule has 2 N–H and O–H groups in total. The third-order valence-electron chi connectivity index (χ3n) is 3.12. The van der Waals surface area contributed by atoms with Crippen LogP contribution in [0.25, 0.3) is 11.1 Å².